The third-order valence-corrected chi connectivity index (χ3v) is 3.26. The second-order valence-electron chi connectivity index (χ2n) is 5.14. The van der Waals surface area contributed by atoms with Crippen molar-refractivity contribution in [3.63, 3.8) is 0 Å². The van der Waals surface area contributed by atoms with Gasteiger partial charge in [0.15, 0.2) is 0 Å². The number of hydrogen-bond acceptors (Lipinski definition) is 5. The molecule has 2 N–H and O–H groups in total. The van der Waals surface area contributed by atoms with E-state index in [-0.39, 0.29) is 11.6 Å². The Bertz CT molecular complexity index is 464. The van der Waals surface area contributed by atoms with Crippen molar-refractivity contribution in [3.8, 4) is 0 Å². The summed E-state index contributed by atoms with van der Waals surface area (Å²) in [6.07, 6.45) is 1.78. The molecule has 6 heteroatoms. The first-order valence-corrected chi connectivity index (χ1v) is 6.26. The van der Waals surface area contributed by atoms with Crippen molar-refractivity contribution in [1.29, 1.82) is 0 Å². The number of anilines is 1. The first-order valence-electron chi connectivity index (χ1n) is 6.26. The largest absolute Gasteiger partial charge is 0.478 e. The van der Waals surface area contributed by atoms with Crippen molar-refractivity contribution in [2.24, 2.45) is 0 Å². The maximum Gasteiger partial charge on any atom is 0.339 e. The molecule has 1 aliphatic heterocycles. The van der Waals surface area contributed by atoms with Gasteiger partial charge in [-0.1, -0.05) is 0 Å². The molecule has 2 rings (SSSR count). The molecule has 0 spiro atoms. The fraction of sp³-hybridized carbons (Fsp3) is 0.538. The first-order chi connectivity index (χ1) is 8.99. The molecule has 2 heterocycles. The van der Waals surface area contributed by atoms with Crippen LogP contribution in [0.3, 0.4) is 0 Å². The van der Waals surface area contributed by atoms with E-state index in [1.54, 1.807) is 18.3 Å². The average molecular weight is 265 g/mol. The summed E-state index contributed by atoms with van der Waals surface area (Å²) in [7, 11) is 3.92. The van der Waals surface area contributed by atoms with Crippen LogP contribution >= 0.6 is 0 Å². The van der Waals surface area contributed by atoms with E-state index in [0.717, 1.165) is 6.54 Å². The van der Waals surface area contributed by atoms with Crippen molar-refractivity contribution in [2.45, 2.75) is 18.6 Å². The van der Waals surface area contributed by atoms with Gasteiger partial charge < -0.3 is 20.0 Å². The van der Waals surface area contributed by atoms with Gasteiger partial charge in [0.25, 0.3) is 0 Å². The van der Waals surface area contributed by atoms with Crippen LogP contribution in [0.25, 0.3) is 0 Å². The maximum absolute atomic E-state index is 11.2. The van der Waals surface area contributed by atoms with Gasteiger partial charge in [0.05, 0.1) is 6.10 Å². The Morgan fingerprint density at radius 2 is 2.32 bits per heavy atom. The number of aromatic carboxylic acids is 1. The van der Waals surface area contributed by atoms with Crippen LogP contribution in [-0.2, 0) is 0 Å². The Labute approximate surface area is 112 Å². The van der Waals surface area contributed by atoms with Gasteiger partial charge in [-0.25, -0.2) is 9.78 Å². The van der Waals surface area contributed by atoms with Gasteiger partial charge in [0, 0.05) is 25.3 Å². The minimum atomic E-state index is -0.993. The Hall–Kier alpha value is -1.66. The van der Waals surface area contributed by atoms with Crippen molar-refractivity contribution in [1.82, 2.24) is 9.88 Å². The van der Waals surface area contributed by atoms with Crippen LogP contribution in [-0.4, -0.2) is 65.4 Å². The number of aliphatic hydroxyl groups is 1. The Balaban J connectivity index is 2.31. The number of rotatable bonds is 4. The molecular weight excluding hydrogens is 246 g/mol. The van der Waals surface area contributed by atoms with Gasteiger partial charge >= 0.3 is 5.97 Å². The van der Waals surface area contributed by atoms with Crippen LogP contribution in [0, 0.1) is 0 Å². The number of carboxylic acid groups (broad SMARTS) is 1. The summed E-state index contributed by atoms with van der Waals surface area (Å²) in [5.74, 6) is -0.550. The van der Waals surface area contributed by atoms with Gasteiger partial charge in [-0.05, 0) is 32.6 Å². The molecule has 0 aliphatic carbocycles. The summed E-state index contributed by atoms with van der Waals surface area (Å²) < 4.78 is 0. The van der Waals surface area contributed by atoms with E-state index in [0.29, 0.717) is 18.8 Å². The van der Waals surface area contributed by atoms with Gasteiger partial charge in [-0.15, -0.1) is 0 Å². The van der Waals surface area contributed by atoms with E-state index < -0.39 is 12.1 Å². The molecule has 1 fully saturated rings. The lowest BCUT2D eigenvalue weighted by Crippen LogP contribution is -2.38. The third-order valence-electron chi connectivity index (χ3n) is 3.26. The summed E-state index contributed by atoms with van der Waals surface area (Å²) >= 11 is 0. The van der Waals surface area contributed by atoms with E-state index in [4.69, 9.17) is 0 Å². The highest BCUT2D eigenvalue weighted by Gasteiger charge is 2.34. The van der Waals surface area contributed by atoms with E-state index in [9.17, 15) is 15.0 Å². The molecule has 0 amide bonds. The molecule has 0 bridgehead atoms. The number of likely N-dealkylation sites (N-methyl/N-ethyl adjacent to an activating group) is 1. The predicted octanol–water partition coefficient (Wildman–Crippen LogP) is 0.281. The number of hydrogen-bond donors (Lipinski definition) is 2. The molecule has 0 radical (unpaired) electrons. The van der Waals surface area contributed by atoms with Gasteiger partial charge in [0.2, 0.25) is 0 Å². The van der Waals surface area contributed by atoms with E-state index in [2.05, 4.69) is 4.98 Å². The Morgan fingerprint density at radius 1 is 1.58 bits per heavy atom. The predicted molar refractivity (Wildman–Crippen MR) is 71.5 cm³/mol. The van der Waals surface area contributed by atoms with Crippen LogP contribution in [0.1, 0.15) is 16.8 Å². The van der Waals surface area contributed by atoms with E-state index in [1.165, 1.54) is 0 Å². The average Bonchev–Trinajstić information content (AvgIpc) is 2.69. The number of nitrogens with zero attached hydrogens (tertiary/aromatic N) is 3. The highest BCUT2D eigenvalue weighted by molar-refractivity contribution is 5.93. The van der Waals surface area contributed by atoms with Gasteiger partial charge in [0.1, 0.15) is 11.4 Å². The molecule has 1 aromatic rings. The Morgan fingerprint density at radius 3 is 2.95 bits per heavy atom. The van der Waals surface area contributed by atoms with Crippen molar-refractivity contribution in [2.75, 3.05) is 32.1 Å². The molecule has 6 nitrogen and oxygen atoms in total. The number of pyridine rings is 1. The summed E-state index contributed by atoms with van der Waals surface area (Å²) in [5, 5.41) is 19.1. The second kappa shape index (κ2) is 5.54. The highest BCUT2D eigenvalue weighted by Crippen LogP contribution is 2.27. The molecule has 2 atom stereocenters. The monoisotopic (exact) mass is 265 g/mol. The van der Waals surface area contributed by atoms with Crippen molar-refractivity contribution < 1.29 is 15.0 Å². The molecule has 19 heavy (non-hydrogen) atoms. The Kier molecular flexibility index (Phi) is 4.01. The van der Waals surface area contributed by atoms with Crippen LogP contribution in [0.2, 0.25) is 0 Å². The lowest BCUT2D eigenvalue weighted by atomic mass is 10.2. The molecule has 104 valence electrons. The smallest absolute Gasteiger partial charge is 0.339 e. The fourth-order valence-corrected chi connectivity index (χ4v) is 2.54. The van der Waals surface area contributed by atoms with E-state index >= 15 is 0 Å². The van der Waals surface area contributed by atoms with Crippen LogP contribution in [0.4, 0.5) is 5.82 Å². The normalized spacial score (nSPS) is 23.1. The zero-order valence-corrected chi connectivity index (χ0v) is 11.2. The number of aliphatic hydroxyl groups excluding tert-OH is 1. The minimum Gasteiger partial charge on any atom is -0.478 e. The first kappa shape index (κ1) is 13.8. The second-order valence-corrected chi connectivity index (χ2v) is 5.14. The third kappa shape index (κ3) is 3.02. The fourth-order valence-electron chi connectivity index (χ4n) is 2.54. The summed E-state index contributed by atoms with van der Waals surface area (Å²) in [5.41, 5.74) is 0.181. The van der Waals surface area contributed by atoms with Crippen LogP contribution < -0.4 is 4.90 Å². The molecule has 1 aromatic heterocycles. The molecule has 0 aromatic carbocycles. The molecule has 1 aliphatic rings. The van der Waals surface area contributed by atoms with Crippen LogP contribution in [0.15, 0.2) is 18.3 Å². The topological polar surface area (TPSA) is 76.9 Å². The SMILES string of the molecule is CN(C)CC1CC(O)CN1c1ncccc1C(=O)O. The van der Waals surface area contributed by atoms with Crippen LogP contribution in [0.5, 0.6) is 0 Å². The molecule has 0 saturated carbocycles. The highest BCUT2D eigenvalue weighted by atomic mass is 16.4. The molecule has 1 saturated heterocycles. The standard InChI is InChI=1S/C13H19N3O3/c1-15(2)7-9-6-10(17)8-16(9)12-11(13(18)19)4-3-5-14-12/h3-5,9-10,17H,6-8H2,1-2H3,(H,18,19). The summed E-state index contributed by atoms with van der Waals surface area (Å²) in [6.45, 7) is 1.18. The van der Waals surface area contributed by atoms with Crippen molar-refractivity contribution >= 4 is 11.8 Å². The lowest BCUT2D eigenvalue weighted by molar-refractivity contribution is 0.0697. The number of carbonyl (C=O) groups is 1. The number of carboxylic acids is 1. The quantitative estimate of drug-likeness (QED) is 0.814. The van der Waals surface area contributed by atoms with Gasteiger partial charge in [-0.2, -0.15) is 0 Å². The van der Waals surface area contributed by atoms with Gasteiger partial charge in [-0.3, -0.25) is 0 Å². The number of aromatic nitrogens is 1. The molecular formula is C13H19N3O3. The maximum atomic E-state index is 11.2. The minimum absolute atomic E-state index is 0.0815. The zero-order valence-electron chi connectivity index (χ0n) is 11.2. The summed E-state index contributed by atoms with van der Waals surface area (Å²) in [6, 6.07) is 3.24. The van der Waals surface area contributed by atoms with Crippen molar-refractivity contribution in [3.05, 3.63) is 23.9 Å². The lowest BCUT2D eigenvalue weighted by Gasteiger charge is -2.28. The van der Waals surface area contributed by atoms with E-state index in [1.807, 2.05) is 23.9 Å². The zero-order chi connectivity index (χ0) is 14.0. The molecule has 2 unspecified atom stereocenters. The number of β-amino-alcohol motifs (C(OH)–C–C–N with tert-alkyl or cyclic N) is 1. The summed E-state index contributed by atoms with van der Waals surface area (Å²) in [4.78, 5) is 19.4.